The number of allylic oxidation sites excluding steroid dienone is 3. The molecule has 1 aromatic carbocycles. The van der Waals surface area contributed by atoms with E-state index in [-0.39, 0.29) is 5.91 Å². The Morgan fingerprint density at radius 2 is 2.00 bits per heavy atom. The van der Waals surface area contributed by atoms with Crippen LogP contribution < -0.4 is 5.32 Å². The van der Waals surface area contributed by atoms with Crippen LogP contribution in [-0.4, -0.2) is 10.9 Å². The second-order valence-corrected chi connectivity index (χ2v) is 5.17. The lowest BCUT2D eigenvalue weighted by molar-refractivity contribution is -0.111. The summed E-state index contributed by atoms with van der Waals surface area (Å²) in [5.41, 5.74) is 2.04. The summed E-state index contributed by atoms with van der Waals surface area (Å²) in [6.07, 6.45) is 6.86. The molecule has 4 heteroatoms. The molecular weight excluding hydrogens is 268 g/mol. The number of aromatic nitrogens is 1. The molecule has 2 rings (SSSR count). The lowest BCUT2D eigenvalue weighted by Gasteiger charge is -1.96. The van der Waals surface area contributed by atoms with Gasteiger partial charge in [0, 0.05) is 6.08 Å². The van der Waals surface area contributed by atoms with Gasteiger partial charge in [0.15, 0.2) is 5.13 Å². The molecule has 0 aliphatic carbocycles. The molecule has 102 valence electrons. The Hall–Kier alpha value is -2.20. The van der Waals surface area contributed by atoms with Gasteiger partial charge in [-0.15, -0.1) is 0 Å². The summed E-state index contributed by atoms with van der Waals surface area (Å²) in [7, 11) is 0. The van der Waals surface area contributed by atoms with Gasteiger partial charge >= 0.3 is 0 Å². The monoisotopic (exact) mass is 284 g/mol. The van der Waals surface area contributed by atoms with Gasteiger partial charge in [0.25, 0.3) is 0 Å². The number of rotatable bonds is 4. The normalized spacial score (nSPS) is 11.3. The lowest BCUT2D eigenvalue weighted by Crippen LogP contribution is -2.07. The van der Waals surface area contributed by atoms with E-state index >= 15 is 0 Å². The molecule has 0 bridgehead atoms. The van der Waals surface area contributed by atoms with E-state index in [1.807, 2.05) is 56.3 Å². The minimum absolute atomic E-state index is 0.170. The number of nitrogens with one attached hydrogen (secondary N) is 1. The van der Waals surface area contributed by atoms with Crippen molar-refractivity contribution in [3.05, 3.63) is 60.3 Å². The second kappa shape index (κ2) is 6.82. The number of hydrogen-bond donors (Lipinski definition) is 1. The molecule has 0 atom stereocenters. The molecule has 1 aromatic heterocycles. The molecule has 0 aliphatic heterocycles. The number of nitrogens with zero attached hydrogens (tertiary/aromatic N) is 1. The topological polar surface area (TPSA) is 42.0 Å². The number of anilines is 1. The summed E-state index contributed by atoms with van der Waals surface area (Å²) in [4.78, 5) is 17.2. The highest BCUT2D eigenvalue weighted by Gasteiger charge is 2.10. The van der Waals surface area contributed by atoms with Crippen LogP contribution in [0, 0.1) is 6.92 Å². The van der Waals surface area contributed by atoms with Crippen molar-refractivity contribution in [2.75, 3.05) is 5.32 Å². The smallest absolute Gasteiger partial charge is 0.250 e. The molecule has 0 saturated heterocycles. The van der Waals surface area contributed by atoms with Crippen molar-refractivity contribution in [3.63, 3.8) is 0 Å². The first kappa shape index (κ1) is 14.2. The van der Waals surface area contributed by atoms with Crippen molar-refractivity contribution < 1.29 is 4.79 Å². The molecule has 1 amide bonds. The molecule has 0 radical (unpaired) electrons. The Morgan fingerprint density at radius 3 is 2.70 bits per heavy atom. The predicted octanol–water partition coefficient (Wildman–Crippen LogP) is 4.19. The Morgan fingerprint density at radius 1 is 1.25 bits per heavy atom. The SMILES string of the molecule is C/C=C/C=C/C(=O)Nc1nc(C)c(-c2ccccc2)s1. The van der Waals surface area contributed by atoms with Gasteiger partial charge in [-0.1, -0.05) is 59.9 Å². The van der Waals surface area contributed by atoms with Gasteiger partial charge < -0.3 is 0 Å². The third-order valence-electron chi connectivity index (χ3n) is 2.61. The van der Waals surface area contributed by atoms with Gasteiger partial charge in [-0.2, -0.15) is 0 Å². The molecule has 0 aliphatic rings. The summed E-state index contributed by atoms with van der Waals surface area (Å²) >= 11 is 1.49. The summed E-state index contributed by atoms with van der Waals surface area (Å²) < 4.78 is 0. The minimum Gasteiger partial charge on any atom is -0.298 e. The second-order valence-electron chi connectivity index (χ2n) is 4.17. The van der Waals surface area contributed by atoms with Crippen LogP contribution in [0.15, 0.2) is 54.6 Å². The van der Waals surface area contributed by atoms with Crippen LogP contribution in [-0.2, 0) is 4.79 Å². The van der Waals surface area contributed by atoms with Gasteiger partial charge in [-0.25, -0.2) is 4.98 Å². The zero-order valence-corrected chi connectivity index (χ0v) is 12.3. The van der Waals surface area contributed by atoms with Crippen LogP contribution >= 0.6 is 11.3 Å². The highest BCUT2D eigenvalue weighted by atomic mass is 32.1. The summed E-state index contributed by atoms with van der Waals surface area (Å²) in [5, 5.41) is 3.40. The molecule has 2 aromatic rings. The maximum absolute atomic E-state index is 11.7. The fraction of sp³-hybridized carbons (Fsp3) is 0.125. The van der Waals surface area contributed by atoms with Crippen LogP contribution in [0.3, 0.4) is 0 Å². The van der Waals surface area contributed by atoms with E-state index in [0.29, 0.717) is 5.13 Å². The Bertz CT molecular complexity index is 642. The Balaban J connectivity index is 2.14. The fourth-order valence-corrected chi connectivity index (χ4v) is 2.68. The summed E-state index contributed by atoms with van der Waals surface area (Å²) in [5.74, 6) is -0.170. The molecule has 20 heavy (non-hydrogen) atoms. The van der Waals surface area contributed by atoms with Crippen LogP contribution in [0.2, 0.25) is 0 Å². The molecule has 0 saturated carbocycles. The van der Waals surface area contributed by atoms with Gasteiger partial charge in [-0.05, 0) is 19.4 Å². The number of thiazole rings is 1. The molecule has 1 heterocycles. The zero-order chi connectivity index (χ0) is 14.4. The van der Waals surface area contributed by atoms with Gasteiger partial charge in [0.05, 0.1) is 10.6 Å². The summed E-state index contributed by atoms with van der Waals surface area (Å²) in [6.45, 7) is 3.85. The Labute approximate surface area is 122 Å². The van der Waals surface area contributed by atoms with Crippen molar-refractivity contribution >= 4 is 22.4 Å². The minimum atomic E-state index is -0.170. The van der Waals surface area contributed by atoms with Crippen LogP contribution in [0.25, 0.3) is 10.4 Å². The highest BCUT2D eigenvalue weighted by molar-refractivity contribution is 7.19. The fourth-order valence-electron chi connectivity index (χ4n) is 1.71. The number of benzene rings is 1. The van der Waals surface area contributed by atoms with Crippen molar-refractivity contribution in [1.29, 1.82) is 0 Å². The Kier molecular flexibility index (Phi) is 4.85. The lowest BCUT2D eigenvalue weighted by atomic mass is 10.2. The molecule has 0 spiro atoms. The third kappa shape index (κ3) is 3.65. The van der Waals surface area contributed by atoms with Crippen molar-refractivity contribution in [2.24, 2.45) is 0 Å². The number of aryl methyl sites for hydroxylation is 1. The zero-order valence-electron chi connectivity index (χ0n) is 11.5. The average molecular weight is 284 g/mol. The van der Waals surface area contributed by atoms with Crippen LogP contribution in [0.1, 0.15) is 12.6 Å². The van der Waals surface area contributed by atoms with Crippen molar-refractivity contribution in [3.8, 4) is 10.4 Å². The number of amides is 1. The molecule has 3 nitrogen and oxygen atoms in total. The highest BCUT2D eigenvalue weighted by Crippen LogP contribution is 2.32. The van der Waals surface area contributed by atoms with E-state index < -0.39 is 0 Å². The first-order valence-corrected chi connectivity index (χ1v) is 7.15. The molecular formula is C16H16N2OS. The van der Waals surface area contributed by atoms with E-state index in [9.17, 15) is 4.79 Å². The summed E-state index contributed by atoms with van der Waals surface area (Å²) in [6, 6.07) is 10.0. The van der Waals surface area contributed by atoms with Gasteiger partial charge in [0.2, 0.25) is 5.91 Å². The largest absolute Gasteiger partial charge is 0.298 e. The number of carbonyl (C=O) groups excluding carboxylic acids is 1. The maximum Gasteiger partial charge on any atom is 0.250 e. The molecule has 1 N–H and O–H groups in total. The average Bonchev–Trinajstić information content (AvgIpc) is 2.81. The first-order valence-electron chi connectivity index (χ1n) is 6.34. The van der Waals surface area contributed by atoms with Gasteiger partial charge in [0.1, 0.15) is 0 Å². The predicted molar refractivity (Wildman–Crippen MR) is 84.9 cm³/mol. The molecule has 0 fully saturated rings. The van der Waals surface area contributed by atoms with Crippen LogP contribution in [0.4, 0.5) is 5.13 Å². The maximum atomic E-state index is 11.7. The molecule has 0 unspecified atom stereocenters. The standard InChI is InChI=1S/C16H16N2OS/c1-3-4-6-11-14(19)18-16-17-12(2)15(20-16)13-9-7-5-8-10-13/h3-11H,1-2H3,(H,17,18,19)/b4-3+,11-6+. The van der Waals surface area contributed by atoms with Crippen molar-refractivity contribution in [2.45, 2.75) is 13.8 Å². The van der Waals surface area contributed by atoms with E-state index in [2.05, 4.69) is 10.3 Å². The van der Waals surface area contributed by atoms with Gasteiger partial charge in [-0.3, -0.25) is 10.1 Å². The number of hydrogen-bond acceptors (Lipinski definition) is 3. The van der Waals surface area contributed by atoms with E-state index in [1.165, 1.54) is 17.4 Å². The van der Waals surface area contributed by atoms with E-state index in [1.54, 1.807) is 6.08 Å². The number of carbonyl (C=O) groups is 1. The van der Waals surface area contributed by atoms with Crippen molar-refractivity contribution in [1.82, 2.24) is 4.98 Å². The van der Waals surface area contributed by atoms with E-state index in [4.69, 9.17) is 0 Å². The quantitative estimate of drug-likeness (QED) is 0.675. The van der Waals surface area contributed by atoms with E-state index in [0.717, 1.165) is 16.1 Å². The first-order chi connectivity index (χ1) is 9.70. The third-order valence-corrected chi connectivity index (χ3v) is 3.74. The van der Waals surface area contributed by atoms with Crippen LogP contribution in [0.5, 0.6) is 0 Å².